The lowest BCUT2D eigenvalue weighted by atomic mass is 9.92. The second-order valence-electron chi connectivity index (χ2n) is 8.08. The average Bonchev–Trinajstić information content (AvgIpc) is 2.81. The Hall–Kier alpha value is -3.25. The van der Waals surface area contributed by atoms with Crippen molar-refractivity contribution in [2.24, 2.45) is 0 Å². The molecule has 0 unspecified atom stereocenters. The molecule has 2 N–H and O–H groups in total. The Morgan fingerprint density at radius 2 is 1.74 bits per heavy atom. The second kappa shape index (κ2) is 9.71. The molecule has 1 atom stereocenters. The first-order valence-corrected chi connectivity index (χ1v) is 10.9. The van der Waals surface area contributed by atoms with E-state index in [0.29, 0.717) is 5.92 Å². The molecule has 1 aliphatic heterocycles. The van der Waals surface area contributed by atoms with Crippen LogP contribution in [0.3, 0.4) is 0 Å². The number of hydrogen-bond donors (Lipinski definition) is 2. The highest BCUT2D eigenvalue weighted by molar-refractivity contribution is 5.95. The zero-order valence-electron chi connectivity index (χ0n) is 18.1. The van der Waals surface area contributed by atoms with E-state index in [1.807, 2.05) is 68.4 Å². The molecule has 1 amide bonds. The molecule has 0 spiro atoms. The third-order valence-corrected chi connectivity index (χ3v) is 5.97. The van der Waals surface area contributed by atoms with Gasteiger partial charge in [0, 0.05) is 23.5 Å². The van der Waals surface area contributed by atoms with Gasteiger partial charge in [0.15, 0.2) is 0 Å². The largest absolute Gasteiger partial charge is 0.325 e. The van der Waals surface area contributed by atoms with Crippen LogP contribution in [-0.4, -0.2) is 39.9 Å². The molecule has 0 saturated carbocycles. The van der Waals surface area contributed by atoms with Gasteiger partial charge in [-0.25, -0.2) is 9.97 Å². The van der Waals surface area contributed by atoms with Crippen molar-refractivity contribution in [1.29, 1.82) is 0 Å². The van der Waals surface area contributed by atoms with Crippen LogP contribution >= 0.6 is 0 Å². The Bertz CT molecular complexity index is 1020. The van der Waals surface area contributed by atoms with E-state index in [1.165, 1.54) is 0 Å². The van der Waals surface area contributed by atoms with Crippen LogP contribution in [0.5, 0.6) is 0 Å². The molecule has 2 aromatic heterocycles. The van der Waals surface area contributed by atoms with E-state index < -0.39 is 0 Å². The Morgan fingerprint density at radius 1 is 1.00 bits per heavy atom. The molecule has 3 aromatic rings. The summed E-state index contributed by atoms with van der Waals surface area (Å²) in [7, 11) is 0. The molecule has 6 nitrogen and oxygen atoms in total. The number of nitrogens with zero attached hydrogens (tertiary/aromatic N) is 3. The monoisotopic (exact) mass is 415 g/mol. The van der Waals surface area contributed by atoms with Crippen molar-refractivity contribution in [3.8, 4) is 0 Å². The van der Waals surface area contributed by atoms with Crippen molar-refractivity contribution >= 4 is 23.2 Å². The maximum atomic E-state index is 12.8. The van der Waals surface area contributed by atoms with E-state index in [-0.39, 0.29) is 11.9 Å². The molecule has 6 heteroatoms. The molecule has 1 fully saturated rings. The maximum Gasteiger partial charge on any atom is 0.241 e. The number of amides is 1. The summed E-state index contributed by atoms with van der Waals surface area (Å²) in [6.07, 6.45) is 3.74. The first kappa shape index (κ1) is 21.0. The minimum Gasteiger partial charge on any atom is -0.325 e. The molecule has 31 heavy (non-hydrogen) atoms. The predicted molar refractivity (Wildman–Crippen MR) is 125 cm³/mol. The summed E-state index contributed by atoms with van der Waals surface area (Å²) in [5.41, 5.74) is 3.06. The third kappa shape index (κ3) is 5.27. The van der Waals surface area contributed by atoms with Gasteiger partial charge in [-0.15, -0.1) is 0 Å². The van der Waals surface area contributed by atoms with Crippen molar-refractivity contribution in [2.45, 2.75) is 38.6 Å². The number of aryl methyl sites for hydroxylation is 1. The number of pyridine rings is 2. The molecule has 160 valence electrons. The average molecular weight is 416 g/mol. The number of aromatic nitrogens is 2. The summed E-state index contributed by atoms with van der Waals surface area (Å²) in [5, 5.41) is 6.34. The topological polar surface area (TPSA) is 70.2 Å². The number of para-hydroxylation sites is 1. The van der Waals surface area contributed by atoms with Gasteiger partial charge in [0.2, 0.25) is 5.91 Å². The van der Waals surface area contributed by atoms with Gasteiger partial charge in [-0.1, -0.05) is 30.3 Å². The molecule has 4 rings (SSSR count). The smallest absolute Gasteiger partial charge is 0.241 e. The summed E-state index contributed by atoms with van der Waals surface area (Å²) in [6.45, 7) is 5.76. The highest BCUT2D eigenvalue weighted by Gasteiger charge is 2.28. The summed E-state index contributed by atoms with van der Waals surface area (Å²) >= 11 is 0. The van der Waals surface area contributed by atoms with Gasteiger partial charge >= 0.3 is 0 Å². The molecule has 1 aromatic carbocycles. The fraction of sp³-hybridized carbons (Fsp3) is 0.320. The van der Waals surface area contributed by atoms with Gasteiger partial charge < -0.3 is 10.6 Å². The lowest BCUT2D eigenvalue weighted by molar-refractivity contribution is -0.121. The number of carbonyl (C=O) groups excluding carboxylic acids is 1. The lowest BCUT2D eigenvalue weighted by Crippen LogP contribution is -2.45. The minimum atomic E-state index is -0.161. The van der Waals surface area contributed by atoms with Crippen molar-refractivity contribution in [1.82, 2.24) is 14.9 Å². The van der Waals surface area contributed by atoms with Crippen molar-refractivity contribution in [2.75, 3.05) is 23.7 Å². The van der Waals surface area contributed by atoms with E-state index in [0.717, 1.165) is 54.5 Å². The zero-order valence-corrected chi connectivity index (χ0v) is 18.1. The Balaban J connectivity index is 1.33. The lowest BCUT2D eigenvalue weighted by Gasteiger charge is -2.35. The number of likely N-dealkylation sites (tertiary alicyclic amines) is 1. The van der Waals surface area contributed by atoms with E-state index >= 15 is 0 Å². The predicted octanol–water partition coefficient (Wildman–Crippen LogP) is 4.74. The molecule has 0 aliphatic carbocycles. The van der Waals surface area contributed by atoms with Gasteiger partial charge in [0.05, 0.1) is 6.04 Å². The van der Waals surface area contributed by atoms with Gasteiger partial charge in [-0.3, -0.25) is 9.69 Å². The SMILES string of the molecule is Cc1ccccc1NC(=O)[C@H](C)N1CCC(c2cccc(Nc3ccccn3)n2)CC1. The van der Waals surface area contributed by atoms with E-state index in [2.05, 4.69) is 26.6 Å². The van der Waals surface area contributed by atoms with Crippen LogP contribution in [0.2, 0.25) is 0 Å². The van der Waals surface area contributed by atoms with Crippen molar-refractivity contribution in [3.63, 3.8) is 0 Å². The van der Waals surface area contributed by atoms with E-state index in [9.17, 15) is 4.79 Å². The molecular weight excluding hydrogens is 386 g/mol. The molecule has 0 bridgehead atoms. The first-order valence-electron chi connectivity index (χ1n) is 10.9. The summed E-state index contributed by atoms with van der Waals surface area (Å²) < 4.78 is 0. The number of anilines is 3. The number of benzene rings is 1. The molecule has 1 saturated heterocycles. The Morgan fingerprint density at radius 3 is 2.48 bits per heavy atom. The van der Waals surface area contributed by atoms with Gasteiger partial charge in [-0.2, -0.15) is 0 Å². The summed E-state index contributed by atoms with van der Waals surface area (Å²) in [5.74, 6) is 2.04. The van der Waals surface area contributed by atoms with Crippen molar-refractivity contribution < 1.29 is 4.79 Å². The number of rotatable bonds is 6. The molecule has 3 heterocycles. The maximum absolute atomic E-state index is 12.8. The van der Waals surface area contributed by atoms with Gasteiger partial charge in [0.1, 0.15) is 11.6 Å². The zero-order chi connectivity index (χ0) is 21.6. The molecule has 0 radical (unpaired) electrons. The molecular formula is C25H29N5O. The molecule has 1 aliphatic rings. The second-order valence-corrected chi connectivity index (χ2v) is 8.08. The summed E-state index contributed by atoms with van der Waals surface area (Å²) in [6, 6.07) is 19.6. The van der Waals surface area contributed by atoms with Crippen LogP contribution < -0.4 is 10.6 Å². The normalized spacial score (nSPS) is 15.9. The standard InChI is InChI=1S/C25H29N5O/c1-18-8-3-4-9-21(18)28-25(31)19(2)30-16-13-20(14-17-30)22-10-7-12-24(27-22)29-23-11-5-6-15-26-23/h3-12,15,19-20H,13-14,16-17H2,1-2H3,(H,28,31)(H,26,27,29)/t19-/m0/s1. The Labute approximate surface area is 183 Å². The van der Waals surface area contributed by atoms with Crippen LogP contribution in [0.1, 0.15) is 36.9 Å². The van der Waals surface area contributed by atoms with Crippen molar-refractivity contribution in [3.05, 3.63) is 78.1 Å². The van der Waals surface area contributed by atoms with Crippen LogP contribution in [0, 0.1) is 6.92 Å². The van der Waals surface area contributed by atoms with Crippen LogP contribution in [0.15, 0.2) is 66.9 Å². The number of hydrogen-bond acceptors (Lipinski definition) is 5. The highest BCUT2D eigenvalue weighted by atomic mass is 16.2. The fourth-order valence-corrected chi connectivity index (χ4v) is 4.02. The van der Waals surface area contributed by atoms with Crippen LogP contribution in [0.25, 0.3) is 0 Å². The van der Waals surface area contributed by atoms with Gasteiger partial charge in [0.25, 0.3) is 0 Å². The summed E-state index contributed by atoms with van der Waals surface area (Å²) in [4.78, 5) is 24.1. The number of nitrogens with one attached hydrogen (secondary N) is 2. The quantitative estimate of drug-likeness (QED) is 0.609. The Kier molecular flexibility index (Phi) is 6.57. The number of carbonyl (C=O) groups is 1. The minimum absolute atomic E-state index is 0.0485. The fourth-order valence-electron chi connectivity index (χ4n) is 4.02. The first-order chi connectivity index (χ1) is 15.1. The third-order valence-electron chi connectivity index (χ3n) is 5.97. The van der Waals surface area contributed by atoms with Crippen LogP contribution in [-0.2, 0) is 4.79 Å². The highest BCUT2D eigenvalue weighted by Crippen LogP contribution is 2.29. The van der Waals surface area contributed by atoms with E-state index in [1.54, 1.807) is 6.20 Å². The number of piperidine rings is 1. The van der Waals surface area contributed by atoms with Gasteiger partial charge in [-0.05, 0) is 75.7 Å². The van der Waals surface area contributed by atoms with E-state index in [4.69, 9.17) is 4.98 Å². The van der Waals surface area contributed by atoms with Crippen LogP contribution in [0.4, 0.5) is 17.3 Å².